The molecular weight excluding hydrogens is 214 g/mol. The van der Waals surface area contributed by atoms with Crippen LogP contribution in [-0.4, -0.2) is 55.0 Å². The highest BCUT2D eigenvalue weighted by atomic mass is 16.2. The Balaban J connectivity index is 1.74. The second kappa shape index (κ2) is 5.83. The molecule has 1 amide bonds. The van der Waals surface area contributed by atoms with Crippen LogP contribution in [0.2, 0.25) is 0 Å². The molecule has 0 aromatic carbocycles. The molecule has 2 aliphatic rings. The molecule has 2 saturated heterocycles. The summed E-state index contributed by atoms with van der Waals surface area (Å²) in [6.45, 7) is 7.58. The summed E-state index contributed by atoms with van der Waals surface area (Å²) in [6.07, 6.45) is 3.48. The maximum absolute atomic E-state index is 12.1. The lowest BCUT2D eigenvalue weighted by Gasteiger charge is -2.31. The van der Waals surface area contributed by atoms with Gasteiger partial charge in [-0.3, -0.25) is 9.69 Å². The van der Waals surface area contributed by atoms with Crippen molar-refractivity contribution < 1.29 is 4.79 Å². The van der Waals surface area contributed by atoms with Gasteiger partial charge in [-0.25, -0.2) is 0 Å². The summed E-state index contributed by atoms with van der Waals surface area (Å²) in [7, 11) is 0. The zero-order chi connectivity index (χ0) is 12.3. The predicted octanol–water partition coefficient (Wildman–Crippen LogP) is 0.526. The van der Waals surface area contributed by atoms with Crippen LogP contribution < -0.4 is 5.73 Å². The molecule has 4 nitrogen and oxygen atoms in total. The Morgan fingerprint density at radius 3 is 2.53 bits per heavy atom. The number of carbonyl (C=O) groups excluding carboxylic acids is 1. The van der Waals surface area contributed by atoms with Gasteiger partial charge in [0.2, 0.25) is 5.91 Å². The number of nitrogens with two attached hydrogens (primary N) is 1. The number of piperidine rings is 1. The van der Waals surface area contributed by atoms with Gasteiger partial charge < -0.3 is 10.6 Å². The van der Waals surface area contributed by atoms with E-state index in [2.05, 4.69) is 11.8 Å². The molecule has 2 N–H and O–H groups in total. The van der Waals surface area contributed by atoms with Crippen LogP contribution in [0.15, 0.2) is 0 Å². The highest BCUT2D eigenvalue weighted by Gasteiger charge is 2.26. The summed E-state index contributed by atoms with van der Waals surface area (Å²) in [6, 6.07) is 0. The van der Waals surface area contributed by atoms with Crippen LogP contribution in [-0.2, 0) is 4.79 Å². The first kappa shape index (κ1) is 12.8. The first-order chi connectivity index (χ1) is 8.19. The van der Waals surface area contributed by atoms with Crippen LogP contribution >= 0.6 is 0 Å². The maximum Gasteiger partial charge on any atom is 0.236 e. The molecule has 0 aromatic rings. The fourth-order valence-corrected chi connectivity index (χ4v) is 2.80. The van der Waals surface area contributed by atoms with E-state index in [9.17, 15) is 4.79 Å². The van der Waals surface area contributed by atoms with E-state index in [4.69, 9.17) is 5.73 Å². The standard InChI is InChI=1S/C13H25N3O/c1-11-2-6-16(7-3-11)13(17)10-15-5-4-12(8-14)9-15/h11-12H,2-10,14H2,1H3. The summed E-state index contributed by atoms with van der Waals surface area (Å²) in [4.78, 5) is 16.4. The fourth-order valence-electron chi connectivity index (χ4n) is 2.80. The second-order valence-electron chi connectivity index (χ2n) is 5.69. The Labute approximate surface area is 104 Å². The molecule has 4 heteroatoms. The summed E-state index contributed by atoms with van der Waals surface area (Å²) < 4.78 is 0. The van der Waals surface area contributed by atoms with Crippen molar-refractivity contribution in [2.45, 2.75) is 26.2 Å². The van der Waals surface area contributed by atoms with E-state index in [1.807, 2.05) is 4.90 Å². The van der Waals surface area contributed by atoms with Crippen molar-refractivity contribution in [1.29, 1.82) is 0 Å². The summed E-state index contributed by atoms with van der Waals surface area (Å²) in [5.74, 6) is 1.70. The van der Waals surface area contributed by atoms with Crippen LogP contribution in [0, 0.1) is 11.8 Å². The van der Waals surface area contributed by atoms with Crippen molar-refractivity contribution in [2.75, 3.05) is 39.3 Å². The second-order valence-corrected chi connectivity index (χ2v) is 5.69. The van der Waals surface area contributed by atoms with Crippen molar-refractivity contribution >= 4 is 5.91 Å². The lowest BCUT2D eigenvalue weighted by Crippen LogP contribution is -2.43. The normalized spacial score (nSPS) is 27.6. The van der Waals surface area contributed by atoms with E-state index < -0.39 is 0 Å². The molecular formula is C13H25N3O. The molecule has 2 aliphatic heterocycles. The summed E-state index contributed by atoms with van der Waals surface area (Å²) in [5.41, 5.74) is 5.66. The van der Waals surface area contributed by atoms with Gasteiger partial charge >= 0.3 is 0 Å². The first-order valence-electron chi connectivity index (χ1n) is 6.89. The van der Waals surface area contributed by atoms with Gasteiger partial charge in [0.15, 0.2) is 0 Å². The third-order valence-corrected chi connectivity index (χ3v) is 4.20. The van der Waals surface area contributed by atoms with Crippen molar-refractivity contribution in [3.63, 3.8) is 0 Å². The zero-order valence-corrected chi connectivity index (χ0v) is 10.9. The lowest BCUT2D eigenvalue weighted by molar-refractivity contribution is -0.133. The molecule has 2 heterocycles. The average Bonchev–Trinajstić information content (AvgIpc) is 2.77. The van der Waals surface area contributed by atoms with Crippen molar-refractivity contribution in [2.24, 2.45) is 17.6 Å². The number of amides is 1. The van der Waals surface area contributed by atoms with Gasteiger partial charge in [0.25, 0.3) is 0 Å². The Hall–Kier alpha value is -0.610. The number of hydrogen-bond acceptors (Lipinski definition) is 3. The maximum atomic E-state index is 12.1. The lowest BCUT2D eigenvalue weighted by atomic mass is 9.99. The van der Waals surface area contributed by atoms with Crippen LogP contribution in [0.25, 0.3) is 0 Å². The number of hydrogen-bond donors (Lipinski definition) is 1. The number of carbonyl (C=O) groups is 1. The van der Waals surface area contributed by atoms with Gasteiger partial charge in [-0.15, -0.1) is 0 Å². The molecule has 17 heavy (non-hydrogen) atoms. The monoisotopic (exact) mass is 239 g/mol. The Morgan fingerprint density at radius 1 is 1.24 bits per heavy atom. The van der Waals surface area contributed by atoms with Gasteiger partial charge in [-0.1, -0.05) is 6.92 Å². The van der Waals surface area contributed by atoms with Crippen LogP contribution in [0.5, 0.6) is 0 Å². The third-order valence-electron chi connectivity index (χ3n) is 4.20. The molecule has 2 rings (SSSR count). The highest BCUT2D eigenvalue weighted by molar-refractivity contribution is 5.78. The van der Waals surface area contributed by atoms with E-state index in [0.717, 1.165) is 57.9 Å². The molecule has 2 fully saturated rings. The van der Waals surface area contributed by atoms with Crippen molar-refractivity contribution in [3.8, 4) is 0 Å². The molecule has 0 aliphatic carbocycles. The Bertz CT molecular complexity index is 261. The number of rotatable bonds is 3. The average molecular weight is 239 g/mol. The van der Waals surface area contributed by atoms with Gasteiger partial charge in [-0.2, -0.15) is 0 Å². The Kier molecular flexibility index (Phi) is 4.40. The van der Waals surface area contributed by atoms with E-state index in [0.29, 0.717) is 18.4 Å². The first-order valence-corrected chi connectivity index (χ1v) is 6.89. The molecule has 0 saturated carbocycles. The molecule has 0 aromatic heterocycles. The largest absolute Gasteiger partial charge is 0.342 e. The third kappa shape index (κ3) is 3.42. The van der Waals surface area contributed by atoms with Crippen molar-refractivity contribution in [3.05, 3.63) is 0 Å². The molecule has 0 bridgehead atoms. The minimum Gasteiger partial charge on any atom is -0.342 e. The van der Waals surface area contributed by atoms with Gasteiger partial charge in [0.1, 0.15) is 0 Å². The quantitative estimate of drug-likeness (QED) is 0.781. The van der Waals surface area contributed by atoms with E-state index in [1.165, 1.54) is 0 Å². The van der Waals surface area contributed by atoms with E-state index >= 15 is 0 Å². The minimum absolute atomic E-state index is 0.314. The van der Waals surface area contributed by atoms with Crippen molar-refractivity contribution in [1.82, 2.24) is 9.80 Å². The number of likely N-dealkylation sites (tertiary alicyclic amines) is 2. The van der Waals surface area contributed by atoms with E-state index in [-0.39, 0.29) is 0 Å². The van der Waals surface area contributed by atoms with Crippen LogP contribution in [0.1, 0.15) is 26.2 Å². The van der Waals surface area contributed by atoms with Crippen LogP contribution in [0.3, 0.4) is 0 Å². The molecule has 0 spiro atoms. The molecule has 1 unspecified atom stereocenters. The summed E-state index contributed by atoms with van der Waals surface area (Å²) >= 11 is 0. The Morgan fingerprint density at radius 2 is 1.94 bits per heavy atom. The SMILES string of the molecule is CC1CCN(C(=O)CN2CCC(CN)C2)CC1. The zero-order valence-electron chi connectivity index (χ0n) is 10.9. The predicted molar refractivity (Wildman–Crippen MR) is 68.6 cm³/mol. The molecule has 1 atom stereocenters. The molecule has 0 radical (unpaired) electrons. The molecule has 98 valence electrons. The number of nitrogens with zero attached hydrogens (tertiary/aromatic N) is 2. The van der Waals surface area contributed by atoms with Gasteiger partial charge in [0, 0.05) is 19.6 Å². The highest BCUT2D eigenvalue weighted by Crippen LogP contribution is 2.18. The van der Waals surface area contributed by atoms with E-state index in [1.54, 1.807) is 0 Å². The van der Waals surface area contributed by atoms with Crippen LogP contribution in [0.4, 0.5) is 0 Å². The fraction of sp³-hybridized carbons (Fsp3) is 0.923. The smallest absolute Gasteiger partial charge is 0.236 e. The minimum atomic E-state index is 0.314. The topological polar surface area (TPSA) is 49.6 Å². The van der Waals surface area contributed by atoms with Gasteiger partial charge in [-0.05, 0) is 44.2 Å². The summed E-state index contributed by atoms with van der Waals surface area (Å²) in [5, 5.41) is 0. The van der Waals surface area contributed by atoms with Gasteiger partial charge in [0.05, 0.1) is 6.54 Å².